The maximum atomic E-state index is 11.4. The molecule has 1 saturated heterocycles. The summed E-state index contributed by atoms with van der Waals surface area (Å²) in [4.78, 5) is 0.371. The molecule has 5 heteroatoms. The summed E-state index contributed by atoms with van der Waals surface area (Å²) in [6, 6.07) is 7.56. The molecule has 2 atom stereocenters. The van der Waals surface area contributed by atoms with Gasteiger partial charge in [-0.05, 0) is 43.9 Å². The van der Waals surface area contributed by atoms with Crippen molar-refractivity contribution < 1.29 is 13.2 Å². The molecular weight excluding hydrogens is 286 g/mol. The van der Waals surface area contributed by atoms with Crippen LogP contribution in [0.25, 0.3) is 0 Å². The molecule has 1 heterocycles. The topological polar surface area (TPSA) is 55.4 Å². The van der Waals surface area contributed by atoms with E-state index in [9.17, 15) is 8.42 Å². The summed E-state index contributed by atoms with van der Waals surface area (Å²) in [7, 11) is -3.11. The molecule has 0 bridgehead atoms. The van der Waals surface area contributed by atoms with Crippen molar-refractivity contribution in [3.63, 3.8) is 0 Å². The molecule has 1 fully saturated rings. The van der Waals surface area contributed by atoms with Gasteiger partial charge in [-0.3, -0.25) is 0 Å². The van der Waals surface area contributed by atoms with Crippen molar-refractivity contribution in [2.45, 2.75) is 56.2 Å². The van der Waals surface area contributed by atoms with Crippen LogP contribution >= 0.6 is 0 Å². The zero-order valence-electron chi connectivity index (χ0n) is 13.1. The highest BCUT2D eigenvalue weighted by molar-refractivity contribution is 7.90. The molecule has 0 spiro atoms. The van der Waals surface area contributed by atoms with E-state index in [2.05, 4.69) is 19.2 Å². The van der Waals surface area contributed by atoms with Crippen LogP contribution in [-0.2, 0) is 21.1 Å². The molecule has 118 valence electrons. The van der Waals surface area contributed by atoms with E-state index in [4.69, 9.17) is 4.74 Å². The van der Waals surface area contributed by atoms with Gasteiger partial charge in [-0.15, -0.1) is 0 Å². The summed E-state index contributed by atoms with van der Waals surface area (Å²) in [6.07, 6.45) is 4.30. The van der Waals surface area contributed by atoms with Crippen molar-refractivity contribution >= 4 is 9.84 Å². The number of nitrogens with one attached hydrogen (secondary N) is 1. The second-order valence-electron chi connectivity index (χ2n) is 6.14. The van der Waals surface area contributed by atoms with Crippen molar-refractivity contribution in [1.82, 2.24) is 5.32 Å². The van der Waals surface area contributed by atoms with Gasteiger partial charge in [-0.25, -0.2) is 8.42 Å². The van der Waals surface area contributed by atoms with Crippen LogP contribution in [-0.4, -0.2) is 32.9 Å². The fourth-order valence-electron chi connectivity index (χ4n) is 2.67. The smallest absolute Gasteiger partial charge is 0.175 e. The summed E-state index contributed by atoms with van der Waals surface area (Å²) >= 11 is 0. The minimum Gasteiger partial charge on any atom is -0.375 e. The lowest BCUT2D eigenvalue weighted by molar-refractivity contribution is -0.0781. The molecule has 21 heavy (non-hydrogen) atoms. The van der Waals surface area contributed by atoms with Crippen molar-refractivity contribution in [3.8, 4) is 0 Å². The predicted molar refractivity (Wildman–Crippen MR) is 84.1 cm³/mol. The van der Waals surface area contributed by atoms with E-state index < -0.39 is 9.84 Å². The van der Waals surface area contributed by atoms with Crippen molar-refractivity contribution in [2.75, 3.05) is 12.9 Å². The largest absolute Gasteiger partial charge is 0.375 e. The predicted octanol–water partition coefficient (Wildman–Crippen LogP) is 2.53. The van der Waals surface area contributed by atoms with E-state index in [0.717, 1.165) is 38.0 Å². The average molecular weight is 311 g/mol. The van der Waals surface area contributed by atoms with Gasteiger partial charge in [-0.2, -0.15) is 0 Å². The van der Waals surface area contributed by atoms with Gasteiger partial charge in [0, 0.05) is 25.4 Å². The first kappa shape index (κ1) is 16.5. The Morgan fingerprint density at radius 2 is 2.00 bits per heavy atom. The monoisotopic (exact) mass is 311 g/mol. The van der Waals surface area contributed by atoms with E-state index in [-0.39, 0.29) is 5.60 Å². The first-order chi connectivity index (χ1) is 9.82. The molecule has 0 aliphatic carbocycles. The lowest BCUT2D eigenvalue weighted by Gasteiger charge is -2.38. The maximum Gasteiger partial charge on any atom is 0.175 e. The summed E-state index contributed by atoms with van der Waals surface area (Å²) in [5.41, 5.74) is 1.09. The summed E-state index contributed by atoms with van der Waals surface area (Å²) < 4.78 is 28.7. The van der Waals surface area contributed by atoms with Crippen LogP contribution in [0.15, 0.2) is 29.2 Å². The average Bonchev–Trinajstić information content (AvgIpc) is 2.45. The molecule has 1 aromatic rings. The van der Waals surface area contributed by atoms with Crippen LogP contribution in [0.5, 0.6) is 0 Å². The Balaban J connectivity index is 1.91. The summed E-state index contributed by atoms with van der Waals surface area (Å²) in [6.45, 7) is 5.89. The van der Waals surface area contributed by atoms with Gasteiger partial charge >= 0.3 is 0 Å². The van der Waals surface area contributed by atoms with Gasteiger partial charge in [-0.1, -0.05) is 19.1 Å². The third kappa shape index (κ3) is 4.53. The number of ether oxygens (including phenoxy) is 1. The molecule has 0 aromatic heterocycles. The Bertz CT molecular complexity index is 568. The zero-order chi connectivity index (χ0) is 15.5. The Kier molecular flexibility index (Phi) is 5.07. The SMILES string of the molecule is CCC1(C)CC(NCc2ccc(S(C)(=O)=O)cc2)CCO1. The third-order valence-corrected chi connectivity index (χ3v) is 5.42. The Morgan fingerprint density at radius 3 is 2.57 bits per heavy atom. The highest BCUT2D eigenvalue weighted by atomic mass is 32.2. The molecule has 2 rings (SSSR count). The van der Waals surface area contributed by atoms with E-state index in [1.165, 1.54) is 6.26 Å². The lowest BCUT2D eigenvalue weighted by atomic mass is 9.90. The quantitative estimate of drug-likeness (QED) is 0.908. The van der Waals surface area contributed by atoms with E-state index in [0.29, 0.717) is 10.9 Å². The first-order valence-electron chi connectivity index (χ1n) is 7.49. The summed E-state index contributed by atoms with van der Waals surface area (Å²) in [5.74, 6) is 0. The fraction of sp³-hybridized carbons (Fsp3) is 0.625. The Hall–Kier alpha value is -0.910. The van der Waals surface area contributed by atoms with Crippen LogP contribution in [0.4, 0.5) is 0 Å². The molecule has 1 aliphatic rings. The first-order valence-corrected chi connectivity index (χ1v) is 9.38. The van der Waals surface area contributed by atoms with Gasteiger partial charge in [0.1, 0.15) is 0 Å². The lowest BCUT2D eigenvalue weighted by Crippen LogP contribution is -2.44. The second-order valence-corrected chi connectivity index (χ2v) is 8.15. The number of sulfone groups is 1. The van der Waals surface area contributed by atoms with Gasteiger partial charge < -0.3 is 10.1 Å². The second kappa shape index (κ2) is 6.46. The molecule has 0 amide bonds. The minimum absolute atomic E-state index is 0.0178. The van der Waals surface area contributed by atoms with Crippen molar-refractivity contribution in [2.24, 2.45) is 0 Å². The molecule has 0 saturated carbocycles. The number of hydrogen-bond donors (Lipinski definition) is 1. The highest BCUT2D eigenvalue weighted by Gasteiger charge is 2.31. The number of hydrogen-bond acceptors (Lipinski definition) is 4. The standard InChI is InChI=1S/C16H25NO3S/c1-4-16(2)11-14(9-10-20-16)17-12-13-5-7-15(8-6-13)21(3,18)19/h5-8,14,17H,4,9-12H2,1-3H3. The highest BCUT2D eigenvalue weighted by Crippen LogP contribution is 2.27. The minimum atomic E-state index is -3.11. The molecule has 2 unspecified atom stereocenters. The van der Waals surface area contributed by atoms with Crippen LogP contribution in [0.3, 0.4) is 0 Å². The molecular formula is C16H25NO3S. The summed E-state index contributed by atoms with van der Waals surface area (Å²) in [5, 5.41) is 3.56. The van der Waals surface area contributed by atoms with Crippen LogP contribution in [0.1, 0.15) is 38.7 Å². The van der Waals surface area contributed by atoms with Gasteiger partial charge in [0.15, 0.2) is 9.84 Å². The molecule has 0 radical (unpaired) electrons. The molecule has 1 aromatic carbocycles. The molecule has 1 aliphatic heterocycles. The van der Waals surface area contributed by atoms with E-state index in [1.54, 1.807) is 12.1 Å². The fourth-order valence-corrected chi connectivity index (χ4v) is 3.30. The Labute approximate surface area is 127 Å². The molecule has 1 N–H and O–H groups in total. The van der Waals surface area contributed by atoms with Crippen LogP contribution < -0.4 is 5.32 Å². The van der Waals surface area contributed by atoms with Gasteiger partial charge in [0.05, 0.1) is 10.5 Å². The number of rotatable bonds is 5. The van der Waals surface area contributed by atoms with Gasteiger partial charge in [0.25, 0.3) is 0 Å². The maximum absolute atomic E-state index is 11.4. The normalized spacial score (nSPS) is 26.7. The third-order valence-electron chi connectivity index (χ3n) is 4.29. The van der Waals surface area contributed by atoms with Crippen molar-refractivity contribution in [3.05, 3.63) is 29.8 Å². The Morgan fingerprint density at radius 1 is 1.33 bits per heavy atom. The van der Waals surface area contributed by atoms with Crippen LogP contribution in [0, 0.1) is 0 Å². The number of benzene rings is 1. The van der Waals surface area contributed by atoms with Gasteiger partial charge in [0.2, 0.25) is 0 Å². The molecule has 4 nitrogen and oxygen atoms in total. The zero-order valence-corrected chi connectivity index (χ0v) is 13.9. The van der Waals surface area contributed by atoms with Crippen LogP contribution in [0.2, 0.25) is 0 Å². The van der Waals surface area contributed by atoms with Crippen molar-refractivity contribution in [1.29, 1.82) is 0 Å². The van der Waals surface area contributed by atoms with E-state index >= 15 is 0 Å². The van der Waals surface area contributed by atoms with E-state index in [1.807, 2.05) is 12.1 Å².